The van der Waals surface area contributed by atoms with E-state index in [4.69, 9.17) is 9.53 Å². The quantitative estimate of drug-likeness (QED) is 0.388. The number of aliphatic hydroxyl groups excluding tert-OH is 1. The second kappa shape index (κ2) is 5.88. The van der Waals surface area contributed by atoms with Crippen LogP contribution >= 0.6 is 0 Å². The zero-order valence-electron chi connectivity index (χ0n) is 4.26. The van der Waals surface area contributed by atoms with Crippen molar-refractivity contribution in [3.05, 3.63) is 12.3 Å². The molecule has 0 atom stereocenters. The molecule has 0 saturated heterocycles. The molecule has 0 rings (SSSR count). The first kappa shape index (κ1) is 6.88. The Labute approximate surface area is 45.7 Å². The van der Waals surface area contributed by atoms with Crippen molar-refractivity contribution in [1.29, 1.82) is 0 Å². The van der Waals surface area contributed by atoms with Crippen molar-refractivity contribution < 1.29 is 9.53 Å². The fourth-order valence-electron chi connectivity index (χ4n) is 0.231. The third kappa shape index (κ3) is 5.88. The maximum absolute atomic E-state index is 8.16. The summed E-state index contributed by atoms with van der Waals surface area (Å²) >= 11 is 0. The number of hydrogen-bond acceptors (Lipinski definition) is 2. The minimum Gasteiger partial charge on any atom is -0.417 e. The van der Waals surface area contributed by atoms with Crippen molar-refractivity contribution in [3.63, 3.8) is 0 Å². The predicted octanol–water partition coefficient (Wildman–Crippen LogP) is -0.777. The summed E-state index contributed by atoms with van der Waals surface area (Å²) in [6.07, 6.45) is 0. The third-order valence-corrected chi connectivity index (χ3v) is 1.23. The topological polar surface area (TPSA) is 29.5 Å². The van der Waals surface area contributed by atoms with Crippen molar-refractivity contribution in [3.8, 4) is 0 Å². The first-order valence-electron chi connectivity index (χ1n) is 2.21. The van der Waals surface area contributed by atoms with E-state index in [1.807, 2.05) is 0 Å². The average molecular weight is 118 g/mol. The Morgan fingerprint density at radius 3 is 3.00 bits per heavy atom. The van der Waals surface area contributed by atoms with E-state index in [0.717, 1.165) is 0 Å². The van der Waals surface area contributed by atoms with Crippen LogP contribution < -0.4 is 0 Å². The van der Waals surface area contributed by atoms with Gasteiger partial charge in [0.1, 0.15) is 0 Å². The Balaban J connectivity index is 2.56. The van der Waals surface area contributed by atoms with Crippen LogP contribution in [0.15, 0.2) is 12.3 Å². The molecule has 3 heteroatoms. The second-order valence-corrected chi connectivity index (χ2v) is 2.41. The lowest BCUT2D eigenvalue weighted by Crippen LogP contribution is -2.00. The van der Waals surface area contributed by atoms with Crippen molar-refractivity contribution >= 4 is 9.76 Å². The average Bonchev–Trinajstić information content (AvgIpc) is 1.69. The monoisotopic (exact) mass is 118 g/mol. The lowest BCUT2D eigenvalue weighted by molar-refractivity contribution is 0.208. The summed E-state index contributed by atoms with van der Waals surface area (Å²) in [7, 11) is -0.485. The van der Waals surface area contributed by atoms with E-state index in [0.29, 0.717) is 6.61 Å². The van der Waals surface area contributed by atoms with Gasteiger partial charge in [0.25, 0.3) is 0 Å². The lowest BCUT2D eigenvalue weighted by atomic mass is 10.8. The first-order valence-corrected chi connectivity index (χ1v) is 3.60. The van der Waals surface area contributed by atoms with Gasteiger partial charge in [0, 0.05) is 0 Å². The molecule has 0 saturated carbocycles. The molecule has 0 aliphatic heterocycles. The molecule has 0 aliphatic rings. The highest BCUT2D eigenvalue weighted by molar-refractivity contribution is 6.33. The predicted molar refractivity (Wildman–Crippen MR) is 31.8 cm³/mol. The fraction of sp³-hybridized carbons (Fsp3) is 0.500. The van der Waals surface area contributed by atoms with Crippen LogP contribution in [0.2, 0.25) is 0 Å². The highest BCUT2D eigenvalue weighted by Gasteiger charge is 1.77. The zero-order valence-corrected chi connectivity index (χ0v) is 5.68. The lowest BCUT2D eigenvalue weighted by Gasteiger charge is -1.92. The number of aliphatic hydroxyl groups is 1. The molecular formula is C4H10O2Si. The molecule has 0 fully saturated rings. The van der Waals surface area contributed by atoms with Gasteiger partial charge in [-0.3, -0.25) is 0 Å². The minimum absolute atomic E-state index is 0.126. The smallest absolute Gasteiger partial charge is 0.184 e. The van der Waals surface area contributed by atoms with E-state index in [2.05, 4.69) is 6.58 Å². The Morgan fingerprint density at radius 2 is 2.57 bits per heavy atom. The fourth-order valence-corrected chi connectivity index (χ4v) is 0.694. The van der Waals surface area contributed by atoms with Crippen LogP contribution in [0, 0.1) is 0 Å². The zero-order chi connectivity index (χ0) is 5.54. The number of rotatable bonds is 4. The first-order chi connectivity index (χ1) is 3.41. The summed E-state index contributed by atoms with van der Waals surface area (Å²) in [4.78, 5) is 0. The van der Waals surface area contributed by atoms with Crippen LogP contribution in [0.1, 0.15) is 0 Å². The molecule has 0 aliphatic carbocycles. The van der Waals surface area contributed by atoms with Gasteiger partial charge >= 0.3 is 0 Å². The summed E-state index contributed by atoms with van der Waals surface area (Å²) in [6, 6.07) is 0. The van der Waals surface area contributed by atoms with Gasteiger partial charge < -0.3 is 9.53 Å². The van der Waals surface area contributed by atoms with Crippen molar-refractivity contribution in [2.75, 3.05) is 13.2 Å². The van der Waals surface area contributed by atoms with Gasteiger partial charge in [0.2, 0.25) is 0 Å². The van der Waals surface area contributed by atoms with Crippen molar-refractivity contribution in [2.45, 2.75) is 0 Å². The standard InChI is InChI=1S/C4H10O2Si/c1-2-7-6-4-3-5/h2,5H,1,3-4,7H2. The molecule has 42 valence electrons. The van der Waals surface area contributed by atoms with E-state index < -0.39 is 9.76 Å². The highest BCUT2D eigenvalue weighted by Crippen LogP contribution is 1.66. The molecule has 0 aromatic carbocycles. The molecule has 0 bridgehead atoms. The van der Waals surface area contributed by atoms with E-state index in [1.54, 1.807) is 5.70 Å². The van der Waals surface area contributed by atoms with Crippen LogP contribution in [0.3, 0.4) is 0 Å². The van der Waals surface area contributed by atoms with Crippen molar-refractivity contribution in [1.82, 2.24) is 0 Å². The second-order valence-electron chi connectivity index (χ2n) is 1.09. The highest BCUT2D eigenvalue weighted by atomic mass is 28.2. The van der Waals surface area contributed by atoms with E-state index in [9.17, 15) is 0 Å². The van der Waals surface area contributed by atoms with E-state index in [-0.39, 0.29) is 6.61 Å². The van der Waals surface area contributed by atoms with E-state index in [1.165, 1.54) is 0 Å². The summed E-state index contributed by atoms with van der Waals surface area (Å²) in [5.74, 6) is 0. The van der Waals surface area contributed by atoms with Gasteiger partial charge in [-0.15, -0.1) is 6.58 Å². The van der Waals surface area contributed by atoms with Gasteiger partial charge in [0.05, 0.1) is 13.2 Å². The Bertz CT molecular complexity index is 47.0. The Kier molecular flexibility index (Phi) is 5.77. The van der Waals surface area contributed by atoms with Crippen LogP contribution in [0.5, 0.6) is 0 Å². The maximum Gasteiger partial charge on any atom is 0.184 e. The summed E-state index contributed by atoms with van der Waals surface area (Å²) < 4.78 is 4.90. The normalized spacial score (nSPS) is 10.4. The Morgan fingerprint density at radius 1 is 1.86 bits per heavy atom. The molecule has 0 radical (unpaired) electrons. The maximum atomic E-state index is 8.16. The molecule has 0 aromatic heterocycles. The summed E-state index contributed by atoms with van der Waals surface area (Å²) in [5.41, 5.74) is 1.79. The van der Waals surface area contributed by atoms with Crippen LogP contribution in [-0.4, -0.2) is 28.1 Å². The van der Waals surface area contributed by atoms with E-state index >= 15 is 0 Å². The van der Waals surface area contributed by atoms with Crippen molar-refractivity contribution in [2.24, 2.45) is 0 Å². The van der Waals surface area contributed by atoms with Gasteiger partial charge in [0.15, 0.2) is 9.76 Å². The van der Waals surface area contributed by atoms with Gasteiger partial charge in [-0.1, -0.05) is 5.70 Å². The molecule has 1 N–H and O–H groups in total. The van der Waals surface area contributed by atoms with Crippen LogP contribution in [-0.2, 0) is 4.43 Å². The molecule has 2 nitrogen and oxygen atoms in total. The third-order valence-electron chi connectivity index (χ3n) is 0.471. The summed E-state index contributed by atoms with van der Waals surface area (Å²) in [5, 5.41) is 8.16. The number of hydrogen-bond donors (Lipinski definition) is 1. The van der Waals surface area contributed by atoms with Gasteiger partial charge in [-0.2, -0.15) is 0 Å². The molecule has 0 spiro atoms. The molecular weight excluding hydrogens is 108 g/mol. The van der Waals surface area contributed by atoms with Gasteiger partial charge in [-0.05, 0) is 0 Å². The largest absolute Gasteiger partial charge is 0.417 e. The molecule has 7 heavy (non-hydrogen) atoms. The molecule has 0 unspecified atom stereocenters. The van der Waals surface area contributed by atoms with Crippen LogP contribution in [0.4, 0.5) is 0 Å². The molecule has 0 aromatic rings. The summed E-state index contributed by atoms with van der Waals surface area (Å²) in [6.45, 7) is 4.08. The Hall–Kier alpha value is -0.123. The van der Waals surface area contributed by atoms with Gasteiger partial charge in [-0.25, -0.2) is 0 Å². The minimum atomic E-state index is -0.485. The molecule has 0 heterocycles. The SMILES string of the molecule is C=C[SiH2]OCCO. The van der Waals surface area contributed by atoms with Crippen LogP contribution in [0.25, 0.3) is 0 Å². The molecule has 0 amide bonds.